The summed E-state index contributed by atoms with van der Waals surface area (Å²) in [6.45, 7) is 5.47. The number of hydrogen-bond donors (Lipinski definition) is 1. The molecule has 1 aliphatic carbocycles. The van der Waals surface area contributed by atoms with Crippen LogP contribution in [0.5, 0.6) is 0 Å². The molecule has 4 heteroatoms. The summed E-state index contributed by atoms with van der Waals surface area (Å²) in [4.78, 5) is 2.30. The highest BCUT2D eigenvalue weighted by Crippen LogP contribution is 2.32. The van der Waals surface area contributed by atoms with Crippen LogP contribution in [-0.4, -0.2) is 24.0 Å². The molecule has 0 saturated heterocycles. The molecule has 2 rings (SSSR count). The molecule has 0 bridgehead atoms. The van der Waals surface area contributed by atoms with Gasteiger partial charge in [0.1, 0.15) is 0 Å². The molecule has 0 radical (unpaired) electrons. The maximum atomic E-state index is 14.2. The summed E-state index contributed by atoms with van der Waals surface area (Å²) in [6, 6.07) is 4.58. The second kappa shape index (κ2) is 7.32. The fraction of sp³-hybridized carbons (Fsp3) is 0.647. The van der Waals surface area contributed by atoms with E-state index < -0.39 is 11.6 Å². The Hall–Kier alpha value is -1.00. The SMILES string of the molecule is CC(C)CN(C1CCCC1)C(CN)c1cccc(F)c1F. The van der Waals surface area contributed by atoms with Crippen molar-refractivity contribution in [2.45, 2.75) is 51.6 Å². The van der Waals surface area contributed by atoms with Gasteiger partial charge in [-0.25, -0.2) is 8.78 Å². The van der Waals surface area contributed by atoms with E-state index in [0.29, 0.717) is 24.1 Å². The summed E-state index contributed by atoms with van der Waals surface area (Å²) < 4.78 is 27.7. The van der Waals surface area contributed by atoms with Gasteiger partial charge in [-0.2, -0.15) is 0 Å². The molecular weight excluding hydrogens is 270 g/mol. The van der Waals surface area contributed by atoms with Crippen molar-refractivity contribution in [3.05, 3.63) is 35.4 Å². The predicted molar refractivity (Wildman–Crippen MR) is 82.0 cm³/mol. The van der Waals surface area contributed by atoms with E-state index >= 15 is 0 Å². The van der Waals surface area contributed by atoms with Crippen molar-refractivity contribution < 1.29 is 8.78 Å². The van der Waals surface area contributed by atoms with Crippen LogP contribution in [-0.2, 0) is 0 Å². The largest absolute Gasteiger partial charge is 0.329 e. The van der Waals surface area contributed by atoms with Gasteiger partial charge in [-0.3, -0.25) is 4.90 Å². The Morgan fingerprint density at radius 2 is 1.90 bits per heavy atom. The van der Waals surface area contributed by atoms with Crippen LogP contribution in [0.15, 0.2) is 18.2 Å². The fourth-order valence-corrected chi connectivity index (χ4v) is 3.41. The standard InChI is InChI=1S/C17H26F2N2/c1-12(2)11-21(13-6-3-4-7-13)16(10-20)14-8-5-9-15(18)17(14)19/h5,8-9,12-13,16H,3-4,6-7,10-11,20H2,1-2H3. The van der Waals surface area contributed by atoms with Gasteiger partial charge in [-0.05, 0) is 24.8 Å². The lowest BCUT2D eigenvalue weighted by atomic mass is 9.99. The third kappa shape index (κ3) is 3.80. The van der Waals surface area contributed by atoms with Gasteiger partial charge in [-0.15, -0.1) is 0 Å². The molecule has 0 amide bonds. The van der Waals surface area contributed by atoms with E-state index in [0.717, 1.165) is 25.5 Å². The van der Waals surface area contributed by atoms with Crippen molar-refractivity contribution >= 4 is 0 Å². The zero-order valence-corrected chi connectivity index (χ0v) is 13.0. The lowest BCUT2D eigenvalue weighted by Gasteiger charge is -2.37. The van der Waals surface area contributed by atoms with E-state index in [-0.39, 0.29) is 6.04 Å². The quantitative estimate of drug-likeness (QED) is 0.863. The van der Waals surface area contributed by atoms with Gasteiger partial charge in [0.05, 0.1) is 6.04 Å². The zero-order chi connectivity index (χ0) is 15.4. The second-order valence-electron chi connectivity index (χ2n) is 6.42. The van der Waals surface area contributed by atoms with Crippen LogP contribution >= 0.6 is 0 Å². The van der Waals surface area contributed by atoms with Crippen molar-refractivity contribution in [3.63, 3.8) is 0 Å². The number of hydrogen-bond acceptors (Lipinski definition) is 2. The summed E-state index contributed by atoms with van der Waals surface area (Å²) in [6.07, 6.45) is 4.67. The summed E-state index contributed by atoms with van der Waals surface area (Å²) in [5.41, 5.74) is 6.33. The van der Waals surface area contributed by atoms with Crippen LogP contribution < -0.4 is 5.73 Å². The summed E-state index contributed by atoms with van der Waals surface area (Å²) in [7, 11) is 0. The molecule has 1 unspecified atom stereocenters. The monoisotopic (exact) mass is 296 g/mol. The minimum atomic E-state index is -0.790. The number of rotatable bonds is 6. The van der Waals surface area contributed by atoms with E-state index in [1.165, 1.54) is 12.8 Å². The molecule has 2 nitrogen and oxygen atoms in total. The Bertz CT molecular complexity index is 456. The topological polar surface area (TPSA) is 29.3 Å². The molecule has 0 spiro atoms. The third-order valence-corrected chi connectivity index (χ3v) is 4.33. The van der Waals surface area contributed by atoms with E-state index in [2.05, 4.69) is 18.7 Å². The minimum Gasteiger partial charge on any atom is -0.329 e. The Kier molecular flexibility index (Phi) is 5.71. The highest BCUT2D eigenvalue weighted by atomic mass is 19.2. The van der Waals surface area contributed by atoms with Crippen LogP contribution in [0.1, 0.15) is 51.1 Å². The first-order valence-electron chi connectivity index (χ1n) is 7.94. The van der Waals surface area contributed by atoms with Crippen LogP contribution in [0, 0.1) is 17.6 Å². The first kappa shape index (κ1) is 16.4. The van der Waals surface area contributed by atoms with Crippen LogP contribution in [0.3, 0.4) is 0 Å². The molecule has 1 aromatic carbocycles. The van der Waals surface area contributed by atoms with Crippen molar-refractivity contribution in [1.82, 2.24) is 4.90 Å². The van der Waals surface area contributed by atoms with Crippen LogP contribution in [0.25, 0.3) is 0 Å². The van der Waals surface area contributed by atoms with E-state index in [1.54, 1.807) is 12.1 Å². The smallest absolute Gasteiger partial charge is 0.163 e. The molecule has 2 N–H and O–H groups in total. The van der Waals surface area contributed by atoms with E-state index in [9.17, 15) is 8.78 Å². The molecule has 0 heterocycles. The van der Waals surface area contributed by atoms with Gasteiger partial charge in [0, 0.05) is 24.7 Å². The average Bonchev–Trinajstić information content (AvgIpc) is 2.96. The summed E-state index contributed by atoms with van der Waals surface area (Å²) in [5, 5.41) is 0. The molecule has 0 aromatic heterocycles. The van der Waals surface area contributed by atoms with Crippen molar-refractivity contribution in [1.29, 1.82) is 0 Å². The molecule has 1 aromatic rings. The lowest BCUT2D eigenvalue weighted by Crippen LogP contribution is -2.42. The number of benzene rings is 1. The maximum Gasteiger partial charge on any atom is 0.163 e. The van der Waals surface area contributed by atoms with Crippen LogP contribution in [0.4, 0.5) is 8.78 Å². The number of nitrogens with two attached hydrogens (primary N) is 1. The van der Waals surface area contributed by atoms with E-state index in [1.807, 2.05) is 0 Å². The van der Waals surface area contributed by atoms with Crippen molar-refractivity contribution in [2.24, 2.45) is 11.7 Å². The first-order chi connectivity index (χ1) is 10.0. The summed E-state index contributed by atoms with van der Waals surface area (Å²) >= 11 is 0. The zero-order valence-electron chi connectivity index (χ0n) is 13.0. The normalized spacial score (nSPS) is 17.9. The molecular formula is C17H26F2N2. The van der Waals surface area contributed by atoms with Gasteiger partial charge >= 0.3 is 0 Å². The molecule has 21 heavy (non-hydrogen) atoms. The molecule has 1 fully saturated rings. The highest BCUT2D eigenvalue weighted by Gasteiger charge is 2.31. The predicted octanol–water partition coefficient (Wildman–Crippen LogP) is 3.87. The third-order valence-electron chi connectivity index (χ3n) is 4.33. The molecule has 1 saturated carbocycles. The van der Waals surface area contributed by atoms with Gasteiger partial charge in [0.25, 0.3) is 0 Å². The van der Waals surface area contributed by atoms with E-state index in [4.69, 9.17) is 5.73 Å². The Morgan fingerprint density at radius 3 is 2.48 bits per heavy atom. The minimum absolute atomic E-state index is 0.244. The first-order valence-corrected chi connectivity index (χ1v) is 7.94. The molecule has 118 valence electrons. The highest BCUT2D eigenvalue weighted by molar-refractivity contribution is 5.23. The Morgan fingerprint density at radius 1 is 1.24 bits per heavy atom. The molecule has 1 aliphatic rings. The Labute approximate surface area is 126 Å². The van der Waals surface area contributed by atoms with Gasteiger partial charge in [0.15, 0.2) is 11.6 Å². The Balaban J connectivity index is 2.31. The number of halogens is 2. The van der Waals surface area contributed by atoms with Gasteiger partial charge < -0.3 is 5.73 Å². The van der Waals surface area contributed by atoms with Crippen LogP contribution in [0.2, 0.25) is 0 Å². The lowest BCUT2D eigenvalue weighted by molar-refractivity contribution is 0.118. The fourth-order valence-electron chi connectivity index (χ4n) is 3.41. The molecule has 1 atom stereocenters. The summed E-state index contributed by atoms with van der Waals surface area (Å²) in [5.74, 6) is -1.07. The average molecular weight is 296 g/mol. The van der Waals surface area contributed by atoms with Crippen molar-refractivity contribution in [3.8, 4) is 0 Å². The molecule has 0 aliphatic heterocycles. The maximum absolute atomic E-state index is 14.2. The second-order valence-corrected chi connectivity index (χ2v) is 6.42. The van der Waals surface area contributed by atoms with Gasteiger partial charge in [0.2, 0.25) is 0 Å². The van der Waals surface area contributed by atoms with Crippen molar-refractivity contribution in [2.75, 3.05) is 13.1 Å². The number of nitrogens with zero attached hydrogens (tertiary/aromatic N) is 1. The van der Waals surface area contributed by atoms with Gasteiger partial charge in [-0.1, -0.05) is 38.8 Å².